The molecule has 0 spiro atoms. The van der Waals surface area contributed by atoms with Crippen LogP contribution in [0.4, 0.5) is 0 Å². The van der Waals surface area contributed by atoms with E-state index in [0.29, 0.717) is 13.1 Å². The van der Waals surface area contributed by atoms with Crippen LogP contribution < -0.4 is 10.0 Å². The van der Waals surface area contributed by atoms with Crippen molar-refractivity contribution in [1.29, 1.82) is 0 Å². The number of hydrogen-bond donors (Lipinski definition) is 2. The Hall–Kier alpha value is -1.12. The van der Waals surface area contributed by atoms with Crippen molar-refractivity contribution in [2.45, 2.75) is 13.5 Å². The molecule has 0 aromatic heterocycles. The molecule has 0 heterocycles. The molecule has 124 valence electrons. The van der Waals surface area contributed by atoms with Crippen molar-refractivity contribution in [1.82, 2.24) is 14.9 Å². The van der Waals surface area contributed by atoms with E-state index in [2.05, 4.69) is 37.0 Å². The molecule has 22 heavy (non-hydrogen) atoms. The molecular weight excluding hydrogens is 368 g/mol. The van der Waals surface area contributed by atoms with Crippen molar-refractivity contribution in [2.75, 3.05) is 32.9 Å². The third-order valence-electron chi connectivity index (χ3n) is 2.80. The maximum absolute atomic E-state index is 11.0. The van der Waals surface area contributed by atoms with E-state index in [9.17, 15) is 8.42 Å². The van der Waals surface area contributed by atoms with E-state index in [4.69, 9.17) is 0 Å². The van der Waals surface area contributed by atoms with E-state index >= 15 is 0 Å². The van der Waals surface area contributed by atoms with Crippen LogP contribution in [-0.2, 0) is 16.6 Å². The van der Waals surface area contributed by atoms with E-state index in [-0.39, 0.29) is 6.54 Å². The average molecular weight is 391 g/mol. The Morgan fingerprint density at radius 1 is 1.36 bits per heavy atom. The average Bonchev–Trinajstić information content (AvgIpc) is 2.43. The van der Waals surface area contributed by atoms with E-state index < -0.39 is 10.0 Å². The fraction of sp³-hybridized carbons (Fsp3) is 0.500. The number of rotatable bonds is 7. The molecule has 0 saturated heterocycles. The minimum absolute atomic E-state index is 0.288. The van der Waals surface area contributed by atoms with Crippen LogP contribution in [0.25, 0.3) is 0 Å². The van der Waals surface area contributed by atoms with Gasteiger partial charge in [0.05, 0.1) is 12.8 Å². The monoisotopic (exact) mass is 390 g/mol. The lowest BCUT2D eigenvalue weighted by molar-refractivity contribution is 0.476. The van der Waals surface area contributed by atoms with Gasteiger partial charge in [0.15, 0.2) is 5.96 Å². The van der Waals surface area contributed by atoms with Gasteiger partial charge in [-0.1, -0.05) is 34.1 Å². The quantitative estimate of drug-likeness (QED) is 0.419. The molecule has 0 unspecified atom stereocenters. The third kappa shape index (κ3) is 7.24. The molecule has 8 heteroatoms. The molecule has 2 N–H and O–H groups in total. The number of halogens is 1. The second kappa shape index (κ2) is 9.12. The summed E-state index contributed by atoms with van der Waals surface area (Å²) in [5, 5.41) is 3.20. The zero-order chi connectivity index (χ0) is 16.6. The van der Waals surface area contributed by atoms with Gasteiger partial charge in [0, 0.05) is 31.2 Å². The van der Waals surface area contributed by atoms with Crippen molar-refractivity contribution in [3.63, 3.8) is 0 Å². The Labute approximate surface area is 141 Å². The van der Waals surface area contributed by atoms with Gasteiger partial charge >= 0.3 is 0 Å². The van der Waals surface area contributed by atoms with E-state index in [1.165, 1.54) is 0 Å². The summed E-state index contributed by atoms with van der Waals surface area (Å²) in [7, 11) is -1.22. The maximum Gasteiger partial charge on any atom is 0.208 e. The van der Waals surface area contributed by atoms with E-state index in [0.717, 1.165) is 28.8 Å². The number of aliphatic imine (C=N–C) groups is 1. The van der Waals surface area contributed by atoms with E-state index in [1.807, 2.05) is 37.1 Å². The second-order valence-electron chi connectivity index (χ2n) is 4.85. The Morgan fingerprint density at radius 2 is 2.05 bits per heavy atom. The van der Waals surface area contributed by atoms with Gasteiger partial charge in [-0.15, -0.1) is 0 Å². The molecule has 0 aliphatic heterocycles. The molecule has 0 fully saturated rings. The number of nitrogens with zero attached hydrogens (tertiary/aromatic N) is 2. The van der Waals surface area contributed by atoms with Crippen molar-refractivity contribution >= 4 is 31.9 Å². The van der Waals surface area contributed by atoms with Crippen molar-refractivity contribution < 1.29 is 8.42 Å². The van der Waals surface area contributed by atoms with Crippen LogP contribution in [-0.4, -0.2) is 52.2 Å². The van der Waals surface area contributed by atoms with Crippen LogP contribution in [0.1, 0.15) is 12.5 Å². The molecular formula is C14H23BrN4O2S. The second-order valence-corrected chi connectivity index (χ2v) is 7.54. The highest BCUT2D eigenvalue weighted by Crippen LogP contribution is 2.17. The van der Waals surface area contributed by atoms with Crippen molar-refractivity contribution in [2.24, 2.45) is 4.99 Å². The molecule has 0 amide bonds. The smallest absolute Gasteiger partial charge is 0.208 e. The number of sulfonamides is 1. The van der Waals surface area contributed by atoms with Crippen LogP contribution in [0.2, 0.25) is 0 Å². The number of benzene rings is 1. The molecule has 0 aliphatic carbocycles. The summed E-state index contributed by atoms with van der Waals surface area (Å²) >= 11 is 3.53. The summed E-state index contributed by atoms with van der Waals surface area (Å²) in [5.41, 5.74) is 1.16. The summed E-state index contributed by atoms with van der Waals surface area (Å²) in [4.78, 5) is 6.44. The SMILES string of the molecule is CCNC(=NCCNS(C)(=O)=O)N(C)Cc1ccccc1Br. The van der Waals surface area contributed by atoms with Gasteiger partial charge in [-0.25, -0.2) is 13.1 Å². The van der Waals surface area contributed by atoms with Crippen LogP contribution in [0.3, 0.4) is 0 Å². The zero-order valence-corrected chi connectivity index (χ0v) is 15.5. The van der Waals surface area contributed by atoms with Gasteiger partial charge in [-0.05, 0) is 18.6 Å². The first-order chi connectivity index (χ1) is 10.3. The fourth-order valence-electron chi connectivity index (χ4n) is 1.82. The molecule has 6 nitrogen and oxygen atoms in total. The molecule has 0 bridgehead atoms. The standard InChI is InChI=1S/C14H23BrN4O2S/c1-4-16-14(17-9-10-18-22(3,20)21)19(2)11-12-7-5-6-8-13(12)15/h5-8,18H,4,9-11H2,1-3H3,(H,16,17). The number of guanidine groups is 1. The zero-order valence-electron chi connectivity index (χ0n) is 13.1. The van der Waals surface area contributed by atoms with E-state index in [1.54, 1.807) is 0 Å². The topological polar surface area (TPSA) is 73.8 Å². The largest absolute Gasteiger partial charge is 0.357 e. The van der Waals surface area contributed by atoms with Gasteiger partial charge in [0.2, 0.25) is 10.0 Å². The lowest BCUT2D eigenvalue weighted by Gasteiger charge is -2.22. The molecule has 0 aliphatic rings. The molecule has 0 atom stereocenters. The summed E-state index contributed by atoms with van der Waals surface area (Å²) in [6, 6.07) is 8.02. The fourth-order valence-corrected chi connectivity index (χ4v) is 2.69. The maximum atomic E-state index is 11.0. The Balaban J connectivity index is 2.66. The molecule has 1 rings (SSSR count). The number of nitrogens with one attached hydrogen (secondary N) is 2. The lowest BCUT2D eigenvalue weighted by Crippen LogP contribution is -2.39. The Morgan fingerprint density at radius 3 is 2.64 bits per heavy atom. The molecule has 0 saturated carbocycles. The van der Waals surface area contributed by atoms with Gasteiger partial charge in [-0.3, -0.25) is 4.99 Å². The first-order valence-corrected chi connectivity index (χ1v) is 9.69. The summed E-state index contributed by atoms with van der Waals surface area (Å²) < 4.78 is 25.5. The first kappa shape index (κ1) is 18.9. The van der Waals surface area contributed by atoms with Crippen molar-refractivity contribution in [3.05, 3.63) is 34.3 Å². The highest BCUT2D eigenvalue weighted by molar-refractivity contribution is 9.10. The van der Waals surface area contributed by atoms with Gasteiger partial charge < -0.3 is 10.2 Å². The van der Waals surface area contributed by atoms with Gasteiger partial charge in [0.1, 0.15) is 0 Å². The van der Waals surface area contributed by atoms with Crippen LogP contribution >= 0.6 is 15.9 Å². The third-order valence-corrected chi connectivity index (χ3v) is 4.30. The lowest BCUT2D eigenvalue weighted by atomic mass is 10.2. The Bertz CT molecular complexity index is 605. The highest BCUT2D eigenvalue weighted by atomic mass is 79.9. The molecule has 1 aromatic carbocycles. The normalized spacial score (nSPS) is 12.3. The molecule has 0 radical (unpaired) electrons. The minimum atomic E-state index is -3.17. The predicted octanol–water partition coefficient (Wildman–Crippen LogP) is 1.40. The van der Waals surface area contributed by atoms with Crippen LogP contribution in [0, 0.1) is 0 Å². The first-order valence-electron chi connectivity index (χ1n) is 7.01. The van der Waals surface area contributed by atoms with Gasteiger partial charge in [0.25, 0.3) is 0 Å². The molecule has 1 aromatic rings. The highest BCUT2D eigenvalue weighted by Gasteiger charge is 2.08. The summed E-state index contributed by atoms with van der Waals surface area (Å²) in [6.07, 6.45) is 1.14. The summed E-state index contributed by atoms with van der Waals surface area (Å²) in [6.45, 7) is 4.12. The number of hydrogen-bond acceptors (Lipinski definition) is 3. The Kier molecular flexibility index (Phi) is 7.84. The minimum Gasteiger partial charge on any atom is -0.357 e. The van der Waals surface area contributed by atoms with Crippen molar-refractivity contribution in [3.8, 4) is 0 Å². The summed E-state index contributed by atoms with van der Waals surface area (Å²) in [5.74, 6) is 0.744. The predicted molar refractivity (Wildman–Crippen MR) is 94.4 cm³/mol. The van der Waals surface area contributed by atoms with Crippen LogP contribution in [0.5, 0.6) is 0 Å². The van der Waals surface area contributed by atoms with Crippen LogP contribution in [0.15, 0.2) is 33.7 Å². The van der Waals surface area contributed by atoms with Gasteiger partial charge in [-0.2, -0.15) is 0 Å².